The van der Waals surface area contributed by atoms with Crippen LogP contribution in [0.3, 0.4) is 0 Å². The standard InChI is InChI=1S/C10H16N4/c1-14(9-3-7-11-8-4-9)10-12-5-2-6-13-10/h2,5-6,9,11H,3-4,7-8H2,1H3. The second-order valence-electron chi connectivity index (χ2n) is 3.64. The van der Waals surface area contributed by atoms with Crippen LogP contribution in [0.2, 0.25) is 0 Å². The van der Waals surface area contributed by atoms with Crippen LogP contribution in [0.15, 0.2) is 18.5 Å². The average molecular weight is 192 g/mol. The van der Waals surface area contributed by atoms with E-state index in [1.54, 1.807) is 12.4 Å². The normalized spacial score (nSPS) is 18.1. The lowest BCUT2D eigenvalue weighted by Crippen LogP contribution is -2.41. The van der Waals surface area contributed by atoms with Crippen LogP contribution in [0.4, 0.5) is 5.95 Å². The molecule has 0 amide bonds. The Labute approximate surface area is 84.4 Å². The molecule has 1 N–H and O–H groups in total. The minimum Gasteiger partial charge on any atom is -0.341 e. The lowest BCUT2D eigenvalue weighted by Gasteiger charge is -2.31. The molecule has 1 aliphatic heterocycles. The van der Waals surface area contributed by atoms with Crippen molar-refractivity contribution >= 4 is 5.95 Å². The molecule has 1 saturated heterocycles. The summed E-state index contributed by atoms with van der Waals surface area (Å²) >= 11 is 0. The fraction of sp³-hybridized carbons (Fsp3) is 0.600. The number of hydrogen-bond acceptors (Lipinski definition) is 4. The molecule has 2 rings (SSSR count). The molecule has 76 valence electrons. The van der Waals surface area contributed by atoms with Crippen LogP contribution >= 0.6 is 0 Å². The molecule has 4 nitrogen and oxygen atoms in total. The Bertz CT molecular complexity index is 269. The van der Waals surface area contributed by atoms with Gasteiger partial charge < -0.3 is 10.2 Å². The minimum absolute atomic E-state index is 0.582. The van der Waals surface area contributed by atoms with Gasteiger partial charge in [-0.25, -0.2) is 9.97 Å². The third kappa shape index (κ3) is 2.01. The van der Waals surface area contributed by atoms with Gasteiger partial charge in [0.2, 0.25) is 5.95 Å². The summed E-state index contributed by atoms with van der Waals surface area (Å²) < 4.78 is 0. The van der Waals surface area contributed by atoms with Crippen molar-refractivity contribution in [2.45, 2.75) is 18.9 Å². The average Bonchev–Trinajstić information content (AvgIpc) is 2.30. The highest BCUT2D eigenvalue weighted by Gasteiger charge is 2.19. The molecule has 0 atom stereocenters. The number of rotatable bonds is 2. The molecule has 0 spiro atoms. The summed E-state index contributed by atoms with van der Waals surface area (Å²) in [5, 5.41) is 3.35. The molecule has 0 aromatic carbocycles. The smallest absolute Gasteiger partial charge is 0.225 e. The summed E-state index contributed by atoms with van der Waals surface area (Å²) in [6, 6.07) is 2.43. The van der Waals surface area contributed by atoms with Crippen LogP contribution in [-0.2, 0) is 0 Å². The maximum atomic E-state index is 4.25. The zero-order chi connectivity index (χ0) is 9.80. The van der Waals surface area contributed by atoms with Crippen LogP contribution < -0.4 is 10.2 Å². The van der Waals surface area contributed by atoms with Crippen LogP contribution in [0.25, 0.3) is 0 Å². The van der Waals surface area contributed by atoms with Gasteiger partial charge in [-0.05, 0) is 32.0 Å². The van der Waals surface area contributed by atoms with Crippen molar-refractivity contribution in [2.24, 2.45) is 0 Å². The molecular weight excluding hydrogens is 176 g/mol. The number of anilines is 1. The first-order valence-electron chi connectivity index (χ1n) is 5.08. The second-order valence-corrected chi connectivity index (χ2v) is 3.64. The van der Waals surface area contributed by atoms with E-state index in [1.807, 2.05) is 6.07 Å². The first-order chi connectivity index (χ1) is 6.88. The number of nitrogens with one attached hydrogen (secondary N) is 1. The Hall–Kier alpha value is -1.16. The molecule has 4 heteroatoms. The van der Waals surface area contributed by atoms with E-state index in [0.29, 0.717) is 6.04 Å². The Morgan fingerprint density at radius 2 is 1.93 bits per heavy atom. The molecule has 14 heavy (non-hydrogen) atoms. The monoisotopic (exact) mass is 192 g/mol. The van der Waals surface area contributed by atoms with E-state index in [0.717, 1.165) is 19.0 Å². The first kappa shape index (κ1) is 9.40. The van der Waals surface area contributed by atoms with Gasteiger partial charge in [-0.3, -0.25) is 0 Å². The summed E-state index contributed by atoms with van der Waals surface area (Å²) in [6.45, 7) is 2.20. The van der Waals surface area contributed by atoms with Crippen molar-refractivity contribution in [3.05, 3.63) is 18.5 Å². The number of piperidine rings is 1. The molecule has 2 heterocycles. The maximum absolute atomic E-state index is 4.25. The van der Waals surface area contributed by atoms with Crippen molar-refractivity contribution in [3.63, 3.8) is 0 Å². The van der Waals surface area contributed by atoms with Crippen LogP contribution in [0.1, 0.15) is 12.8 Å². The van der Waals surface area contributed by atoms with E-state index < -0.39 is 0 Å². The van der Waals surface area contributed by atoms with E-state index >= 15 is 0 Å². The quantitative estimate of drug-likeness (QED) is 0.747. The zero-order valence-corrected chi connectivity index (χ0v) is 8.48. The third-order valence-electron chi connectivity index (χ3n) is 2.72. The molecule has 0 bridgehead atoms. The lowest BCUT2D eigenvalue weighted by molar-refractivity contribution is 0.439. The van der Waals surface area contributed by atoms with Crippen molar-refractivity contribution in [1.29, 1.82) is 0 Å². The molecule has 1 aromatic rings. The first-order valence-corrected chi connectivity index (χ1v) is 5.08. The highest BCUT2D eigenvalue weighted by atomic mass is 15.3. The van der Waals surface area contributed by atoms with E-state index in [-0.39, 0.29) is 0 Å². The molecular formula is C10H16N4. The predicted octanol–water partition coefficient (Wildman–Crippen LogP) is 0.665. The lowest BCUT2D eigenvalue weighted by atomic mass is 10.1. The number of aromatic nitrogens is 2. The topological polar surface area (TPSA) is 41.1 Å². The molecule has 0 saturated carbocycles. The zero-order valence-electron chi connectivity index (χ0n) is 8.48. The summed E-state index contributed by atoms with van der Waals surface area (Å²) in [7, 11) is 2.07. The maximum Gasteiger partial charge on any atom is 0.225 e. The fourth-order valence-electron chi connectivity index (χ4n) is 1.83. The van der Waals surface area contributed by atoms with E-state index in [1.165, 1.54) is 12.8 Å². The van der Waals surface area contributed by atoms with Gasteiger partial charge in [-0.15, -0.1) is 0 Å². The third-order valence-corrected chi connectivity index (χ3v) is 2.72. The van der Waals surface area contributed by atoms with Crippen LogP contribution in [0.5, 0.6) is 0 Å². The molecule has 1 aromatic heterocycles. The van der Waals surface area contributed by atoms with E-state index in [4.69, 9.17) is 0 Å². The molecule has 1 fully saturated rings. The Morgan fingerprint density at radius 1 is 1.29 bits per heavy atom. The molecule has 0 radical (unpaired) electrons. The van der Waals surface area contributed by atoms with Crippen molar-refractivity contribution in [1.82, 2.24) is 15.3 Å². The summed E-state index contributed by atoms with van der Waals surface area (Å²) in [4.78, 5) is 10.7. The Kier molecular flexibility index (Phi) is 2.93. The SMILES string of the molecule is CN(c1ncccn1)C1CCNCC1. The fourth-order valence-corrected chi connectivity index (χ4v) is 1.83. The van der Waals surface area contributed by atoms with Gasteiger partial charge in [-0.1, -0.05) is 0 Å². The highest BCUT2D eigenvalue weighted by Crippen LogP contribution is 2.14. The number of hydrogen-bond donors (Lipinski definition) is 1. The van der Waals surface area contributed by atoms with Gasteiger partial charge in [-0.2, -0.15) is 0 Å². The molecule has 0 unspecified atom stereocenters. The summed E-state index contributed by atoms with van der Waals surface area (Å²) in [6.07, 6.45) is 5.93. The van der Waals surface area contributed by atoms with Gasteiger partial charge >= 0.3 is 0 Å². The van der Waals surface area contributed by atoms with E-state index in [2.05, 4.69) is 27.2 Å². The van der Waals surface area contributed by atoms with Gasteiger partial charge in [0.05, 0.1) is 0 Å². The minimum atomic E-state index is 0.582. The van der Waals surface area contributed by atoms with Gasteiger partial charge in [0.1, 0.15) is 0 Å². The predicted molar refractivity (Wildman–Crippen MR) is 56.3 cm³/mol. The molecule has 1 aliphatic rings. The highest BCUT2D eigenvalue weighted by molar-refractivity contribution is 5.28. The summed E-state index contributed by atoms with van der Waals surface area (Å²) in [5.41, 5.74) is 0. The van der Waals surface area contributed by atoms with Crippen molar-refractivity contribution < 1.29 is 0 Å². The Morgan fingerprint density at radius 3 is 2.57 bits per heavy atom. The van der Waals surface area contributed by atoms with Crippen LogP contribution in [0, 0.1) is 0 Å². The van der Waals surface area contributed by atoms with Crippen molar-refractivity contribution in [3.8, 4) is 0 Å². The van der Waals surface area contributed by atoms with Crippen LogP contribution in [-0.4, -0.2) is 36.1 Å². The second kappa shape index (κ2) is 4.37. The molecule has 0 aliphatic carbocycles. The van der Waals surface area contributed by atoms with Gasteiger partial charge in [0.25, 0.3) is 0 Å². The number of nitrogens with zero attached hydrogens (tertiary/aromatic N) is 3. The van der Waals surface area contributed by atoms with E-state index in [9.17, 15) is 0 Å². The summed E-state index contributed by atoms with van der Waals surface area (Å²) in [5.74, 6) is 0.833. The van der Waals surface area contributed by atoms with Gasteiger partial charge in [0, 0.05) is 25.5 Å². The largest absolute Gasteiger partial charge is 0.341 e. The van der Waals surface area contributed by atoms with Crippen molar-refractivity contribution in [2.75, 3.05) is 25.0 Å². The van der Waals surface area contributed by atoms with Gasteiger partial charge in [0.15, 0.2) is 0 Å². The Balaban J connectivity index is 2.03.